The van der Waals surface area contributed by atoms with Crippen molar-refractivity contribution in [1.82, 2.24) is 5.32 Å². The van der Waals surface area contributed by atoms with E-state index in [1.807, 2.05) is 13.0 Å². The number of ether oxygens (including phenoxy) is 3. The van der Waals surface area contributed by atoms with Crippen molar-refractivity contribution < 1.29 is 18.6 Å². The van der Waals surface area contributed by atoms with E-state index in [1.165, 1.54) is 6.07 Å². The van der Waals surface area contributed by atoms with Crippen molar-refractivity contribution in [3.63, 3.8) is 0 Å². The molecule has 1 aromatic rings. The van der Waals surface area contributed by atoms with Gasteiger partial charge in [-0.1, -0.05) is 6.07 Å². The summed E-state index contributed by atoms with van der Waals surface area (Å²) in [4.78, 5) is 0. The minimum atomic E-state index is -0.352. The molecule has 0 fully saturated rings. The maximum Gasteiger partial charge on any atom is 0.165 e. The summed E-state index contributed by atoms with van der Waals surface area (Å²) in [6.45, 7) is 4.18. The van der Waals surface area contributed by atoms with Crippen molar-refractivity contribution in [3.05, 3.63) is 29.6 Å². The topological polar surface area (TPSA) is 39.7 Å². The summed E-state index contributed by atoms with van der Waals surface area (Å²) < 4.78 is 29.1. The number of nitrogens with one attached hydrogen (secondary N) is 1. The first-order valence-electron chi connectivity index (χ1n) is 6.31. The van der Waals surface area contributed by atoms with Gasteiger partial charge in [-0.15, -0.1) is 0 Å². The molecule has 1 unspecified atom stereocenters. The number of hydrogen-bond acceptors (Lipinski definition) is 4. The summed E-state index contributed by atoms with van der Waals surface area (Å²) in [6.07, 6.45) is -0.0604. The van der Waals surface area contributed by atoms with Gasteiger partial charge in [-0.05, 0) is 24.6 Å². The minimum Gasteiger partial charge on any atom is -0.488 e. The molecule has 108 valence electrons. The highest BCUT2D eigenvalue weighted by Gasteiger charge is 2.07. The van der Waals surface area contributed by atoms with Gasteiger partial charge in [0.2, 0.25) is 0 Å². The van der Waals surface area contributed by atoms with Crippen LogP contribution >= 0.6 is 0 Å². The lowest BCUT2D eigenvalue weighted by Crippen LogP contribution is -2.19. The second-order valence-corrected chi connectivity index (χ2v) is 4.29. The highest BCUT2D eigenvalue weighted by molar-refractivity contribution is 5.29. The summed E-state index contributed by atoms with van der Waals surface area (Å²) >= 11 is 0. The van der Waals surface area contributed by atoms with Gasteiger partial charge >= 0.3 is 0 Å². The first-order chi connectivity index (χ1) is 9.17. The standard InChI is InChI=1S/C14H22FNO3/c1-11(18-3)10-19-14-5-4-12(8-13(14)15)9-16-6-7-17-2/h4-5,8,11,16H,6-7,9-10H2,1-3H3. The molecule has 1 atom stereocenters. The van der Waals surface area contributed by atoms with Crippen molar-refractivity contribution in [2.24, 2.45) is 0 Å². The average molecular weight is 271 g/mol. The maximum atomic E-state index is 13.8. The quantitative estimate of drug-likeness (QED) is 0.697. The number of benzene rings is 1. The monoisotopic (exact) mass is 271 g/mol. The van der Waals surface area contributed by atoms with Gasteiger partial charge in [-0.3, -0.25) is 0 Å². The fraction of sp³-hybridized carbons (Fsp3) is 0.571. The smallest absolute Gasteiger partial charge is 0.165 e. The molecule has 0 aliphatic carbocycles. The van der Waals surface area contributed by atoms with E-state index in [1.54, 1.807) is 20.3 Å². The summed E-state index contributed by atoms with van der Waals surface area (Å²) in [7, 11) is 3.24. The predicted molar refractivity (Wildman–Crippen MR) is 71.9 cm³/mol. The lowest BCUT2D eigenvalue weighted by Gasteiger charge is -2.12. The van der Waals surface area contributed by atoms with E-state index in [0.717, 1.165) is 12.1 Å². The number of hydrogen-bond donors (Lipinski definition) is 1. The molecule has 19 heavy (non-hydrogen) atoms. The van der Waals surface area contributed by atoms with Gasteiger partial charge in [0.25, 0.3) is 0 Å². The molecule has 1 rings (SSSR count). The first-order valence-corrected chi connectivity index (χ1v) is 6.31. The first kappa shape index (κ1) is 15.9. The van der Waals surface area contributed by atoms with E-state index in [9.17, 15) is 4.39 Å². The van der Waals surface area contributed by atoms with Crippen LogP contribution in [0.5, 0.6) is 5.75 Å². The Labute approximate surface area is 113 Å². The molecule has 1 aromatic carbocycles. The third-order valence-corrected chi connectivity index (χ3v) is 2.68. The Kier molecular flexibility index (Phi) is 7.40. The van der Waals surface area contributed by atoms with E-state index in [2.05, 4.69) is 5.32 Å². The fourth-order valence-electron chi connectivity index (χ4n) is 1.45. The van der Waals surface area contributed by atoms with E-state index in [4.69, 9.17) is 14.2 Å². The van der Waals surface area contributed by atoms with Gasteiger partial charge in [0, 0.05) is 27.3 Å². The van der Waals surface area contributed by atoms with Crippen LogP contribution in [-0.2, 0) is 16.0 Å². The molecule has 1 N–H and O–H groups in total. The number of halogens is 1. The van der Waals surface area contributed by atoms with Gasteiger partial charge < -0.3 is 19.5 Å². The maximum absolute atomic E-state index is 13.8. The average Bonchev–Trinajstić information content (AvgIpc) is 2.42. The lowest BCUT2D eigenvalue weighted by atomic mass is 10.2. The Morgan fingerprint density at radius 2 is 2.11 bits per heavy atom. The third-order valence-electron chi connectivity index (χ3n) is 2.68. The van der Waals surface area contributed by atoms with Crippen LogP contribution in [-0.4, -0.2) is 40.1 Å². The van der Waals surface area contributed by atoms with E-state index >= 15 is 0 Å². The third kappa shape index (κ3) is 6.00. The van der Waals surface area contributed by atoms with Gasteiger partial charge in [0.1, 0.15) is 6.61 Å². The Morgan fingerprint density at radius 1 is 1.32 bits per heavy atom. The van der Waals surface area contributed by atoms with Crippen molar-refractivity contribution >= 4 is 0 Å². The van der Waals surface area contributed by atoms with Gasteiger partial charge in [0.05, 0.1) is 12.7 Å². The zero-order valence-corrected chi connectivity index (χ0v) is 11.7. The van der Waals surface area contributed by atoms with Crippen LogP contribution in [0, 0.1) is 5.82 Å². The summed E-state index contributed by atoms with van der Waals surface area (Å²) in [6, 6.07) is 4.97. The molecule has 0 heterocycles. The van der Waals surface area contributed by atoms with Crippen molar-refractivity contribution in [2.45, 2.75) is 19.6 Å². The predicted octanol–water partition coefficient (Wildman–Crippen LogP) is 1.98. The minimum absolute atomic E-state index is 0.0604. The molecular formula is C14H22FNO3. The van der Waals surface area contributed by atoms with Gasteiger partial charge in [-0.2, -0.15) is 0 Å². The van der Waals surface area contributed by atoms with Crippen LogP contribution in [0.1, 0.15) is 12.5 Å². The Hall–Kier alpha value is -1.17. The molecule has 0 spiro atoms. The second-order valence-electron chi connectivity index (χ2n) is 4.29. The van der Waals surface area contributed by atoms with Crippen LogP contribution in [0.4, 0.5) is 4.39 Å². The van der Waals surface area contributed by atoms with Crippen molar-refractivity contribution in [1.29, 1.82) is 0 Å². The van der Waals surface area contributed by atoms with E-state index < -0.39 is 0 Å². The molecule has 0 aromatic heterocycles. The molecule has 0 saturated heterocycles. The molecule has 4 nitrogen and oxygen atoms in total. The zero-order valence-electron chi connectivity index (χ0n) is 11.7. The number of methoxy groups -OCH3 is 2. The molecule has 0 amide bonds. The van der Waals surface area contributed by atoms with Crippen LogP contribution < -0.4 is 10.1 Å². The highest BCUT2D eigenvalue weighted by Crippen LogP contribution is 2.18. The normalized spacial score (nSPS) is 12.4. The summed E-state index contributed by atoms with van der Waals surface area (Å²) in [5.41, 5.74) is 0.876. The van der Waals surface area contributed by atoms with E-state index in [0.29, 0.717) is 19.8 Å². The molecular weight excluding hydrogens is 249 g/mol. The molecule has 0 bridgehead atoms. The SMILES string of the molecule is COCCNCc1ccc(OCC(C)OC)c(F)c1. The lowest BCUT2D eigenvalue weighted by molar-refractivity contribution is 0.0702. The molecule has 0 radical (unpaired) electrons. The Bertz CT molecular complexity index is 374. The molecule has 0 saturated carbocycles. The second kappa shape index (κ2) is 8.85. The molecule has 0 aliphatic rings. The fourth-order valence-corrected chi connectivity index (χ4v) is 1.45. The van der Waals surface area contributed by atoms with Crippen LogP contribution in [0.25, 0.3) is 0 Å². The van der Waals surface area contributed by atoms with Crippen LogP contribution in [0.3, 0.4) is 0 Å². The van der Waals surface area contributed by atoms with Crippen LogP contribution in [0.2, 0.25) is 0 Å². The van der Waals surface area contributed by atoms with Gasteiger partial charge in [0.15, 0.2) is 11.6 Å². The molecule has 5 heteroatoms. The highest BCUT2D eigenvalue weighted by atomic mass is 19.1. The van der Waals surface area contributed by atoms with Crippen molar-refractivity contribution in [2.75, 3.05) is 34.0 Å². The van der Waals surface area contributed by atoms with Crippen molar-refractivity contribution in [3.8, 4) is 5.75 Å². The zero-order chi connectivity index (χ0) is 14.1. The van der Waals surface area contributed by atoms with Crippen LogP contribution in [0.15, 0.2) is 18.2 Å². The Balaban J connectivity index is 2.45. The Morgan fingerprint density at radius 3 is 2.74 bits per heavy atom. The molecule has 0 aliphatic heterocycles. The number of rotatable bonds is 9. The van der Waals surface area contributed by atoms with E-state index in [-0.39, 0.29) is 17.7 Å². The van der Waals surface area contributed by atoms with Gasteiger partial charge in [-0.25, -0.2) is 4.39 Å². The largest absolute Gasteiger partial charge is 0.488 e. The summed E-state index contributed by atoms with van der Waals surface area (Å²) in [5, 5.41) is 3.16. The summed E-state index contributed by atoms with van der Waals surface area (Å²) in [5.74, 6) is -0.0983.